The van der Waals surface area contributed by atoms with Gasteiger partial charge in [-0.1, -0.05) is 35.0 Å². The molecule has 162 valence electrons. The van der Waals surface area contributed by atoms with Crippen molar-refractivity contribution in [2.45, 2.75) is 33.9 Å². The summed E-state index contributed by atoms with van der Waals surface area (Å²) in [6, 6.07) is 12.0. The van der Waals surface area contributed by atoms with Crippen LogP contribution in [0, 0.1) is 20.8 Å². The first-order valence-electron chi connectivity index (χ1n) is 10.3. The summed E-state index contributed by atoms with van der Waals surface area (Å²) in [5, 5.41) is 11.3. The van der Waals surface area contributed by atoms with Gasteiger partial charge >= 0.3 is 0 Å². The number of carbonyl (C=O) groups is 1. The molecule has 3 heterocycles. The maximum atomic E-state index is 12.3. The number of aryl methyl sites for hydroxylation is 2. The lowest BCUT2D eigenvalue weighted by Crippen LogP contribution is -2.20. The normalized spacial score (nSPS) is 11.2. The largest absolute Gasteiger partial charge is 0.343 e. The van der Waals surface area contributed by atoms with Gasteiger partial charge in [-0.2, -0.15) is 10.1 Å². The van der Waals surface area contributed by atoms with E-state index in [9.17, 15) is 4.79 Å². The minimum Gasteiger partial charge on any atom is -0.343 e. The van der Waals surface area contributed by atoms with Crippen LogP contribution < -0.4 is 5.32 Å². The van der Waals surface area contributed by atoms with Crippen LogP contribution in [0.4, 0.5) is 0 Å². The molecular formula is C24H24N6O2. The van der Waals surface area contributed by atoms with Crippen molar-refractivity contribution in [1.82, 2.24) is 30.2 Å². The van der Waals surface area contributed by atoms with Crippen molar-refractivity contribution in [3.8, 4) is 11.4 Å². The molecule has 0 aliphatic rings. The second-order valence-electron chi connectivity index (χ2n) is 7.53. The summed E-state index contributed by atoms with van der Waals surface area (Å²) >= 11 is 0. The number of carbonyl (C=O) groups excluding carboxylic acids is 1. The Balaban J connectivity index is 1.37. The van der Waals surface area contributed by atoms with Gasteiger partial charge in [-0.25, -0.2) is 0 Å². The molecule has 0 bridgehead atoms. The van der Waals surface area contributed by atoms with Crippen LogP contribution >= 0.6 is 0 Å². The topological polar surface area (TPSA) is 98.7 Å². The van der Waals surface area contributed by atoms with Gasteiger partial charge in [-0.05, 0) is 44.5 Å². The Bertz CT molecular complexity index is 1240. The fourth-order valence-electron chi connectivity index (χ4n) is 3.30. The molecule has 8 heteroatoms. The molecule has 0 saturated heterocycles. The number of pyridine rings is 1. The molecule has 4 aromatic rings. The molecule has 0 fully saturated rings. The molecule has 4 rings (SSSR count). The highest BCUT2D eigenvalue weighted by Crippen LogP contribution is 2.17. The first-order chi connectivity index (χ1) is 15.5. The monoisotopic (exact) mass is 428 g/mol. The van der Waals surface area contributed by atoms with E-state index in [0.717, 1.165) is 22.5 Å². The Morgan fingerprint density at radius 1 is 1.09 bits per heavy atom. The summed E-state index contributed by atoms with van der Waals surface area (Å²) < 4.78 is 7.16. The molecule has 0 spiro atoms. The number of nitrogens with one attached hydrogen (secondary N) is 1. The minimum absolute atomic E-state index is 0.145. The third-order valence-electron chi connectivity index (χ3n) is 5.11. The highest BCUT2D eigenvalue weighted by molar-refractivity contribution is 5.91. The van der Waals surface area contributed by atoms with Crippen LogP contribution in [0.25, 0.3) is 17.5 Å². The average Bonchev–Trinajstić information content (AvgIpc) is 3.38. The molecule has 32 heavy (non-hydrogen) atoms. The van der Waals surface area contributed by atoms with Gasteiger partial charge in [0.05, 0.1) is 18.8 Å². The molecule has 0 saturated carbocycles. The van der Waals surface area contributed by atoms with Crippen molar-refractivity contribution in [2.75, 3.05) is 0 Å². The van der Waals surface area contributed by atoms with Gasteiger partial charge in [0.25, 0.3) is 0 Å². The van der Waals surface area contributed by atoms with Crippen LogP contribution in [0.5, 0.6) is 0 Å². The fourth-order valence-corrected chi connectivity index (χ4v) is 3.30. The maximum absolute atomic E-state index is 12.3. The van der Waals surface area contributed by atoms with Crippen LogP contribution in [-0.4, -0.2) is 30.8 Å². The lowest BCUT2D eigenvalue weighted by atomic mass is 10.1. The predicted octanol–water partition coefficient (Wildman–Crippen LogP) is 3.63. The number of amides is 1. The number of rotatable bonds is 7. The molecule has 0 atom stereocenters. The lowest BCUT2D eigenvalue weighted by Gasteiger charge is -2.05. The van der Waals surface area contributed by atoms with Crippen LogP contribution in [0.1, 0.15) is 34.0 Å². The fraction of sp³-hybridized carbons (Fsp3) is 0.208. The van der Waals surface area contributed by atoms with Gasteiger partial charge in [-0.15, -0.1) is 0 Å². The smallest absolute Gasteiger partial charge is 0.246 e. The summed E-state index contributed by atoms with van der Waals surface area (Å²) in [6.45, 7) is 6.84. The second-order valence-corrected chi connectivity index (χ2v) is 7.53. The number of benzene rings is 1. The van der Waals surface area contributed by atoms with Crippen molar-refractivity contribution >= 4 is 12.0 Å². The number of hydrogen-bond acceptors (Lipinski definition) is 6. The maximum Gasteiger partial charge on any atom is 0.246 e. The number of aromatic nitrogens is 5. The van der Waals surface area contributed by atoms with E-state index in [1.807, 2.05) is 18.5 Å². The summed E-state index contributed by atoms with van der Waals surface area (Å²) in [4.78, 5) is 20.5. The van der Waals surface area contributed by atoms with Gasteiger partial charge in [0, 0.05) is 35.3 Å². The first-order valence-corrected chi connectivity index (χ1v) is 10.3. The molecule has 0 unspecified atom stereocenters. The highest BCUT2D eigenvalue weighted by atomic mass is 16.5. The van der Waals surface area contributed by atoms with Gasteiger partial charge in [0.2, 0.25) is 17.6 Å². The zero-order valence-corrected chi connectivity index (χ0v) is 18.2. The lowest BCUT2D eigenvalue weighted by molar-refractivity contribution is -0.116. The Labute approximate surface area is 186 Å². The van der Waals surface area contributed by atoms with E-state index < -0.39 is 0 Å². The summed E-state index contributed by atoms with van der Waals surface area (Å²) in [7, 11) is 0. The molecule has 3 aromatic heterocycles. The molecule has 1 N–H and O–H groups in total. The molecule has 1 aromatic carbocycles. The van der Waals surface area contributed by atoms with E-state index >= 15 is 0 Å². The Hall–Kier alpha value is -4.07. The summed E-state index contributed by atoms with van der Waals surface area (Å²) in [5.74, 6) is 0.537. The third-order valence-corrected chi connectivity index (χ3v) is 5.11. The van der Waals surface area contributed by atoms with Crippen molar-refractivity contribution in [2.24, 2.45) is 0 Å². The van der Waals surface area contributed by atoms with Gasteiger partial charge < -0.3 is 9.84 Å². The van der Waals surface area contributed by atoms with Crippen LogP contribution in [0.3, 0.4) is 0 Å². The Kier molecular flexibility index (Phi) is 6.21. The Morgan fingerprint density at radius 3 is 2.59 bits per heavy atom. The molecule has 8 nitrogen and oxygen atoms in total. The Morgan fingerprint density at radius 2 is 1.84 bits per heavy atom. The van der Waals surface area contributed by atoms with E-state index in [1.54, 1.807) is 30.6 Å². The quantitative estimate of drug-likeness (QED) is 0.451. The molecular weight excluding hydrogens is 404 g/mol. The molecule has 0 aliphatic carbocycles. The van der Waals surface area contributed by atoms with Crippen molar-refractivity contribution in [3.05, 3.63) is 88.8 Å². The van der Waals surface area contributed by atoms with Crippen molar-refractivity contribution in [1.29, 1.82) is 0 Å². The van der Waals surface area contributed by atoms with Crippen LogP contribution in [0.15, 0.2) is 59.4 Å². The second kappa shape index (κ2) is 9.38. The molecule has 0 aliphatic heterocycles. The van der Waals surface area contributed by atoms with E-state index in [1.165, 1.54) is 17.2 Å². The average molecular weight is 428 g/mol. The van der Waals surface area contributed by atoms with E-state index in [-0.39, 0.29) is 12.5 Å². The molecule has 0 radical (unpaired) electrons. The summed E-state index contributed by atoms with van der Waals surface area (Å²) in [5.41, 5.74) is 6.02. The van der Waals surface area contributed by atoms with Gasteiger partial charge in [0.1, 0.15) is 0 Å². The van der Waals surface area contributed by atoms with Gasteiger partial charge in [-0.3, -0.25) is 14.5 Å². The summed E-state index contributed by atoms with van der Waals surface area (Å²) in [6.07, 6.45) is 6.60. The highest BCUT2D eigenvalue weighted by Gasteiger charge is 2.11. The minimum atomic E-state index is -0.251. The molecule has 1 amide bonds. The van der Waals surface area contributed by atoms with Crippen molar-refractivity contribution in [3.63, 3.8) is 0 Å². The van der Waals surface area contributed by atoms with E-state index in [0.29, 0.717) is 18.3 Å². The van der Waals surface area contributed by atoms with Crippen molar-refractivity contribution < 1.29 is 9.32 Å². The third kappa shape index (κ3) is 4.97. The van der Waals surface area contributed by atoms with Crippen LogP contribution in [0.2, 0.25) is 0 Å². The van der Waals surface area contributed by atoms with Crippen LogP contribution in [-0.2, 0) is 17.9 Å². The zero-order valence-electron chi connectivity index (χ0n) is 18.2. The standard InChI is InChI=1S/C24H24N6O2/c1-16-4-6-19(7-5-16)15-30-18(3)21(17(2)28-30)8-9-22(31)26-14-23-27-24(29-32-23)20-10-12-25-13-11-20/h4-13H,14-15H2,1-3H3,(H,26,31). The zero-order chi connectivity index (χ0) is 22.5. The number of hydrogen-bond donors (Lipinski definition) is 1. The first kappa shape index (κ1) is 21.2. The van der Waals surface area contributed by atoms with Gasteiger partial charge in [0.15, 0.2) is 0 Å². The predicted molar refractivity (Wildman–Crippen MR) is 120 cm³/mol. The SMILES string of the molecule is Cc1ccc(Cn2nc(C)c(C=CC(=O)NCc3nc(-c4ccncc4)no3)c2C)cc1. The van der Waals surface area contributed by atoms with E-state index in [4.69, 9.17) is 4.52 Å². The number of nitrogens with zero attached hydrogens (tertiary/aromatic N) is 5. The van der Waals surface area contributed by atoms with E-state index in [2.05, 4.69) is 56.7 Å².